The SMILES string of the molecule is O=C(c1ccccc1)c1cc2c(ccc3ccccc32)o1. The molecule has 0 fully saturated rings. The van der Waals surface area contributed by atoms with Crippen LogP contribution in [0.15, 0.2) is 77.2 Å². The minimum Gasteiger partial charge on any atom is -0.453 e. The van der Waals surface area contributed by atoms with E-state index in [0.29, 0.717) is 11.3 Å². The molecule has 0 aliphatic rings. The smallest absolute Gasteiger partial charge is 0.228 e. The molecule has 0 aliphatic heterocycles. The molecule has 0 aliphatic carbocycles. The molecule has 0 spiro atoms. The van der Waals surface area contributed by atoms with Gasteiger partial charge >= 0.3 is 0 Å². The molecule has 0 radical (unpaired) electrons. The number of furan rings is 1. The number of rotatable bonds is 2. The van der Waals surface area contributed by atoms with Gasteiger partial charge in [-0.05, 0) is 22.9 Å². The second-order valence-electron chi connectivity index (χ2n) is 5.00. The molecule has 4 aromatic rings. The minimum atomic E-state index is -0.0871. The second-order valence-corrected chi connectivity index (χ2v) is 5.00. The van der Waals surface area contributed by atoms with Gasteiger partial charge in [-0.3, -0.25) is 4.79 Å². The first kappa shape index (κ1) is 11.9. The predicted molar refractivity (Wildman–Crippen MR) is 83.6 cm³/mol. The van der Waals surface area contributed by atoms with Crippen LogP contribution in [0.3, 0.4) is 0 Å². The van der Waals surface area contributed by atoms with Crippen molar-refractivity contribution in [3.63, 3.8) is 0 Å². The van der Waals surface area contributed by atoms with Crippen LogP contribution in [0.1, 0.15) is 16.1 Å². The van der Waals surface area contributed by atoms with E-state index in [-0.39, 0.29) is 5.78 Å². The van der Waals surface area contributed by atoms with Crippen LogP contribution < -0.4 is 0 Å². The standard InChI is InChI=1S/C19H12O2/c20-19(14-7-2-1-3-8-14)18-12-16-15-9-5-4-6-13(15)10-11-17(16)21-18/h1-12H. The summed E-state index contributed by atoms with van der Waals surface area (Å²) in [5.41, 5.74) is 1.38. The van der Waals surface area contributed by atoms with Crippen LogP contribution in [0.25, 0.3) is 21.7 Å². The molecule has 0 N–H and O–H groups in total. The van der Waals surface area contributed by atoms with E-state index in [1.807, 2.05) is 54.6 Å². The zero-order valence-corrected chi connectivity index (χ0v) is 11.2. The number of benzene rings is 3. The minimum absolute atomic E-state index is 0.0871. The van der Waals surface area contributed by atoms with E-state index in [1.54, 1.807) is 12.1 Å². The molecule has 0 bridgehead atoms. The molecular weight excluding hydrogens is 260 g/mol. The molecule has 100 valence electrons. The number of hydrogen-bond acceptors (Lipinski definition) is 2. The third kappa shape index (κ3) is 1.93. The molecule has 0 saturated heterocycles. The maximum atomic E-state index is 12.5. The summed E-state index contributed by atoms with van der Waals surface area (Å²) in [7, 11) is 0. The fourth-order valence-electron chi connectivity index (χ4n) is 2.64. The maximum Gasteiger partial charge on any atom is 0.228 e. The Hall–Kier alpha value is -2.87. The van der Waals surface area contributed by atoms with E-state index in [1.165, 1.54) is 0 Å². The molecule has 0 saturated carbocycles. The summed E-state index contributed by atoms with van der Waals surface area (Å²) < 4.78 is 5.74. The van der Waals surface area contributed by atoms with E-state index in [9.17, 15) is 4.79 Å². The highest BCUT2D eigenvalue weighted by molar-refractivity contribution is 6.12. The van der Waals surface area contributed by atoms with Gasteiger partial charge in [0.1, 0.15) is 5.58 Å². The van der Waals surface area contributed by atoms with Crippen LogP contribution in [0.5, 0.6) is 0 Å². The summed E-state index contributed by atoms with van der Waals surface area (Å²) in [6.07, 6.45) is 0. The van der Waals surface area contributed by atoms with Crippen molar-refractivity contribution in [1.29, 1.82) is 0 Å². The lowest BCUT2D eigenvalue weighted by atomic mass is 10.1. The quantitative estimate of drug-likeness (QED) is 0.490. The number of carbonyl (C=O) groups excluding carboxylic acids is 1. The summed E-state index contributed by atoms with van der Waals surface area (Å²) in [4.78, 5) is 12.5. The third-order valence-electron chi connectivity index (χ3n) is 3.69. The second kappa shape index (κ2) is 4.60. The van der Waals surface area contributed by atoms with Crippen molar-refractivity contribution in [2.45, 2.75) is 0 Å². The number of ketones is 1. The van der Waals surface area contributed by atoms with Crippen LogP contribution >= 0.6 is 0 Å². The Labute approximate surface area is 121 Å². The zero-order chi connectivity index (χ0) is 14.2. The van der Waals surface area contributed by atoms with Gasteiger partial charge in [0.15, 0.2) is 5.76 Å². The van der Waals surface area contributed by atoms with Gasteiger partial charge in [-0.25, -0.2) is 0 Å². The highest BCUT2D eigenvalue weighted by Crippen LogP contribution is 2.29. The zero-order valence-electron chi connectivity index (χ0n) is 11.2. The van der Waals surface area contributed by atoms with Gasteiger partial charge in [-0.2, -0.15) is 0 Å². The van der Waals surface area contributed by atoms with Gasteiger partial charge in [-0.1, -0.05) is 60.7 Å². The molecule has 4 rings (SSSR count). The summed E-state index contributed by atoms with van der Waals surface area (Å²) in [5.74, 6) is 0.295. The van der Waals surface area contributed by atoms with E-state index < -0.39 is 0 Å². The van der Waals surface area contributed by atoms with Gasteiger partial charge in [0.25, 0.3) is 0 Å². The fraction of sp³-hybridized carbons (Fsp3) is 0. The van der Waals surface area contributed by atoms with Gasteiger partial charge in [0.2, 0.25) is 5.78 Å². The van der Waals surface area contributed by atoms with E-state index in [4.69, 9.17) is 4.42 Å². The molecule has 1 heterocycles. The van der Waals surface area contributed by atoms with Crippen LogP contribution in [0, 0.1) is 0 Å². The van der Waals surface area contributed by atoms with Crippen molar-refractivity contribution in [3.05, 3.63) is 84.1 Å². The maximum absolute atomic E-state index is 12.5. The Bertz CT molecular complexity index is 949. The highest BCUT2D eigenvalue weighted by Gasteiger charge is 2.15. The predicted octanol–water partition coefficient (Wildman–Crippen LogP) is 4.82. The van der Waals surface area contributed by atoms with Crippen molar-refractivity contribution in [2.75, 3.05) is 0 Å². The van der Waals surface area contributed by atoms with E-state index in [2.05, 4.69) is 6.07 Å². The lowest BCUT2D eigenvalue weighted by molar-refractivity contribution is 0.101. The Morgan fingerprint density at radius 1 is 0.762 bits per heavy atom. The number of carbonyl (C=O) groups is 1. The van der Waals surface area contributed by atoms with E-state index >= 15 is 0 Å². The number of hydrogen-bond donors (Lipinski definition) is 0. The average Bonchev–Trinajstić information content (AvgIpc) is 2.99. The Kier molecular flexibility index (Phi) is 2.61. The summed E-state index contributed by atoms with van der Waals surface area (Å²) in [6, 6.07) is 23.1. The molecule has 3 aromatic carbocycles. The molecular formula is C19H12O2. The molecule has 21 heavy (non-hydrogen) atoms. The van der Waals surface area contributed by atoms with Crippen molar-refractivity contribution in [2.24, 2.45) is 0 Å². The van der Waals surface area contributed by atoms with Gasteiger partial charge < -0.3 is 4.42 Å². The van der Waals surface area contributed by atoms with Crippen molar-refractivity contribution in [3.8, 4) is 0 Å². The van der Waals surface area contributed by atoms with Crippen molar-refractivity contribution < 1.29 is 9.21 Å². The Morgan fingerprint density at radius 3 is 2.38 bits per heavy atom. The van der Waals surface area contributed by atoms with Gasteiger partial charge in [0.05, 0.1) is 0 Å². The first-order valence-electron chi connectivity index (χ1n) is 6.84. The topological polar surface area (TPSA) is 30.2 Å². The third-order valence-corrected chi connectivity index (χ3v) is 3.69. The first-order valence-corrected chi connectivity index (χ1v) is 6.84. The number of fused-ring (bicyclic) bond motifs is 3. The molecule has 2 nitrogen and oxygen atoms in total. The molecule has 0 amide bonds. The van der Waals surface area contributed by atoms with Crippen molar-refractivity contribution >= 4 is 27.5 Å². The average molecular weight is 272 g/mol. The van der Waals surface area contributed by atoms with Crippen molar-refractivity contribution in [1.82, 2.24) is 0 Å². The molecule has 0 unspecified atom stereocenters. The Balaban J connectivity index is 1.91. The summed E-state index contributed by atoms with van der Waals surface area (Å²) in [5, 5.41) is 3.22. The van der Waals surface area contributed by atoms with Crippen LogP contribution in [-0.4, -0.2) is 5.78 Å². The van der Waals surface area contributed by atoms with Gasteiger partial charge in [-0.15, -0.1) is 0 Å². The molecule has 1 aromatic heterocycles. The molecule has 0 atom stereocenters. The first-order chi connectivity index (χ1) is 10.3. The Morgan fingerprint density at radius 2 is 1.52 bits per heavy atom. The fourth-order valence-corrected chi connectivity index (χ4v) is 2.64. The highest BCUT2D eigenvalue weighted by atomic mass is 16.3. The lowest BCUT2D eigenvalue weighted by Gasteiger charge is -1.96. The summed E-state index contributed by atoms with van der Waals surface area (Å²) >= 11 is 0. The monoisotopic (exact) mass is 272 g/mol. The summed E-state index contributed by atoms with van der Waals surface area (Å²) in [6.45, 7) is 0. The van der Waals surface area contributed by atoms with Crippen LogP contribution in [-0.2, 0) is 0 Å². The normalized spacial score (nSPS) is 11.0. The van der Waals surface area contributed by atoms with E-state index in [0.717, 1.165) is 21.7 Å². The van der Waals surface area contributed by atoms with Crippen LogP contribution in [0.4, 0.5) is 0 Å². The molecule has 2 heteroatoms. The largest absolute Gasteiger partial charge is 0.453 e. The van der Waals surface area contributed by atoms with Crippen LogP contribution in [0.2, 0.25) is 0 Å². The van der Waals surface area contributed by atoms with Gasteiger partial charge in [0, 0.05) is 10.9 Å². The lowest BCUT2D eigenvalue weighted by Crippen LogP contribution is -1.98.